The third kappa shape index (κ3) is 2.21. The molecule has 0 aliphatic rings. The van der Waals surface area contributed by atoms with E-state index in [1.54, 1.807) is 6.20 Å². The molecule has 2 radical (unpaired) electrons. The predicted molar refractivity (Wildman–Crippen MR) is 64.8 cm³/mol. The molecule has 1 nitrogen and oxygen atoms in total. The fourth-order valence-electron chi connectivity index (χ4n) is 1.35. The van der Waals surface area contributed by atoms with Crippen LogP contribution in [-0.4, -0.2) is 12.8 Å². The van der Waals surface area contributed by atoms with Gasteiger partial charge in [-0.15, -0.1) is 0 Å². The number of benzene rings is 1. The number of pyridine rings is 1. The summed E-state index contributed by atoms with van der Waals surface area (Å²) in [6.45, 7) is 1.97. The van der Waals surface area contributed by atoms with Crippen molar-refractivity contribution in [2.75, 3.05) is 0 Å². The van der Waals surface area contributed by atoms with Crippen molar-refractivity contribution in [3.8, 4) is 11.3 Å². The van der Waals surface area contributed by atoms with E-state index in [0.29, 0.717) is 5.46 Å². The number of aryl methyl sites for hydroxylation is 1. The lowest BCUT2D eigenvalue weighted by atomic mass is 9.92. The number of halogens is 1. The van der Waals surface area contributed by atoms with Crippen molar-refractivity contribution in [3.63, 3.8) is 0 Å². The van der Waals surface area contributed by atoms with Crippen LogP contribution in [0.5, 0.6) is 0 Å². The van der Waals surface area contributed by atoms with E-state index < -0.39 is 0 Å². The van der Waals surface area contributed by atoms with Crippen LogP contribution in [0.3, 0.4) is 0 Å². The van der Waals surface area contributed by atoms with Gasteiger partial charge in [-0.3, -0.25) is 4.98 Å². The Labute approximate surface area is 95.5 Å². The topological polar surface area (TPSA) is 12.9 Å². The largest absolute Gasteiger partial charge is 0.257 e. The highest BCUT2D eigenvalue weighted by atomic mass is 35.5. The van der Waals surface area contributed by atoms with Crippen molar-refractivity contribution in [2.45, 2.75) is 6.92 Å². The van der Waals surface area contributed by atoms with Crippen LogP contribution in [-0.2, 0) is 0 Å². The second kappa shape index (κ2) is 4.07. The van der Waals surface area contributed by atoms with Gasteiger partial charge in [-0.05, 0) is 25.1 Å². The van der Waals surface area contributed by atoms with Crippen molar-refractivity contribution in [1.29, 1.82) is 0 Å². The molecule has 0 saturated heterocycles. The van der Waals surface area contributed by atoms with Crippen LogP contribution < -0.4 is 5.46 Å². The molecule has 72 valence electrons. The highest BCUT2D eigenvalue weighted by Crippen LogP contribution is 2.19. The monoisotopic (exact) mass is 213 g/mol. The summed E-state index contributed by atoms with van der Waals surface area (Å²) in [7, 11) is 5.71. The molecule has 2 aromatic rings. The van der Waals surface area contributed by atoms with Crippen LogP contribution in [0, 0.1) is 6.92 Å². The van der Waals surface area contributed by atoms with Crippen LogP contribution in [0.4, 0.5) is 0 Å². The number of hydrogen-bond acceptors (Lipinski definition) is 1. The van der Waals surface area contributed by atoms with Gasteiger partial charge in [-0.25, -0.2) is 0 Å². The second-order valence-electron chi connectivity index (χ2n) is 3.43. The lowest BCUT2D eigenvalue weighted by Crippen LogP contribution is -2.08. The molecular formula is C12H9BClN. The quantitative estimate of drug-likeness (QED) is 0.663. The van der Waals surface area contributed by atoms with E-state index in [0.717, 1.165) is 21.8 Å². The minimum Gasteiger partial charge on any atom is -0.257 e. The summed E-state index contributed by atoms with van der Waals surface area (Å²) < 4.78 is 0. The first-order valence-corrected chi connectivity index (χ1v) is 5.02. The number of nitrogens with zero attached hydrogens (tertiary/aromatic N) is 1. The van der Waals surface area contributed by atoms with E-state index in [2.05, 4.69) is 4.98 Å². The molecule has 1 aromatic carbocycles. The SMILES string of the molecule is [B]c1cnc(-c2ccc(Cl)cc2)cc1C. The van der Waals surface area contributed by atoms with E-state index in [1.165, 1.54) is 0 Å². The minimum absolute atomic E-state index is 0.715. The summed E-state index contributed by atoms with van der Waals surface area (Å²) >= 11 is 5.82. The zero-order chi connectivity index (χ0) is 10.8. The van der Waals surface area contributed by atoms with Gasteiger partial charge >= 0.3 is 0 Å². The first-order valence-electron chi connectivity index (χ1n) is 4.65. The molecule has 0 fully saturated rings. The number of hydrogen-bond donors (Lipinski definition) is 0. The summed E-state index contributed by atoms with van der Waals surface area (Å²) in [6, 6.07) is 9.56. The zero-order valence-electron chi connectivity index (χ0n) is 8.37. The molecule has 0 atom stereocenters. The summed E-state index contributed by atoms with van der Waals surface area (Å²) in [6.07, 6.45) is 1.68. The molecular weight excluding hydrogens is 204 g/mol. The molecule has 0 bridgehead atoms. The van der Waals surface area contributed by atoms with Crippen molar-refractivity contribution in [3.05, 3.63) is 47.1 Å². The summed E-state index contributed by atoms with van der Waals surface area (Å²) in [4.78, 5) is 4.27. The molecule has 0 spiro atoms. The van der Waals surface area contributed by atoms with Gasteiger partial charge in [0.1, 0.15) is 7.85 Å². The lowest BCUT2D eigenvalue weighted by Gasteiger charge is -2.04. The average molecular weight is 213 g/mol. The lowest BCUT2D eigenvalue weighted by molar-refractivity contribution is 1.31. The maximum atomic E-state index is 5.82. The Bertz CT molecular complexity index is 479. The molecule has 0 aliphatic carbocycles. The standard InChI is InChI=1S/C12H9BClN/c1-8-6-12(15-7-11(8)13)9-2-4-10(14)5-3-9/h2-7H,1H3. The Balaban J connectivity index is 2.45. The van der Waals surface area contributed by atoms with Crippen LogP contribution in [0.2, 0.25) is 5.02 Å². The second-order valence-corrected chi connectivity index (χ2v) is 3.87. The maximum Gasteiger partial charge on any atom is 0.116 e. The average Bonchev–Trinajstić information content (AvgIpc) is 2.23. The van der Waals surface area contributed by atoms with Gasteiger partial charge in [0, 0.05) is 16.8 Å². The highest BCUT2D eigenvalue weighted by molar-refractivity contribution is 6.33. The third-order valence-corrected chi connectivity index (χ3v) is 2.54. The van der Waals surface area contributed by atoms with Crippen molar-refractivity contribution < 1.29 is 0 Å². The molecule has 0 saturated carbocycles. The molecule has 3 heteroatoms. The first-order chi connectivity index (χ1) is 7.16. The minimum atomic E-state index is 0.715. The molecule has 0 unspecified atom stereocenters. The highest BCUT2D eigenvalue weighted by Gasteiger charge is 2.00. The fraction of sp³-hybridized carbons (Fsp3) is 0.0833. The van der Waals surface area contributed by atoms with Gasteiger partial charge in [0.25, 0.3) is 0 Å². The maximum absolute atomic E-state index is 5.82. The van der Waals surface area contributed by atoms with Gasteiger partial charge in [-0.1, -0.05) is 34.8 Å². The van der Waals surface area contributed by atoms with Gasteiger partial charge in [0.15, 0.2) is 0 Å². The van der Waals surface area contributed by atoms with E-state index in [-0.39, 0.29) is 0 Å². The van der Waals surface area contributed by atoms with Crippen LogP contribution in [0.15, 0.2) is 36.5 Å². The van der Waals surface area contributed by atoms with Gasteiger partial charge in [0.05, 0.1) is 5.69 Å². The Hall–Kier alpha value is -1.28. The molecule has 0 aliphatic heterocycles. The Morgan fingerprint density at radius 2 is 1.87 bits per heavy atom. The predicted octanol–water partition coefficient (Wildman–Crippen LogP) is 2.50. The van der Waals surface area contributed by atoms with E-state index >= 15 is 0 Å². The summed E-state index contributed by atoms with van der Waals surface area (Å²) in [5.74, 6) is 0. The van der Waals surface area contributed by atoms with Crippen LogP contribution in [0.25, 0.3) is 11.3 Å². The van der Waals surface area contributed by atoms with E-state index in [9.17, 15) is 0 Å². The number of rotatable bonds is 1. The van der Waals surface area contributed by atoms with Crippen molar-refractivity contribution >= 4 is 24.9 Å². The van der Waals surface area contributed by atoms with E-state index in [4.69, 9.17) is 19.4 Å². The smallest absolute Gasteiger partial charge is 0.116 e. The summed E-state index contributed by atoms with van der Waals surface area (Å²) in [5, 5.41) is 0.728. The molecule has 1 aromatic heterocycles. The van der Waals surface area contributed by atoms with Crippen molar-refractivity contribution in [1.82, 2.24) is 4.98 Å². The Kier molecular flexibility index (Phi) is 2.78. The molecule has 0 amide bonds. The fourth-order valence-corrected chi connectivity index (χ4v) is 1.47. The van der Waals surface area contributed by atoms with Crippen LogP contribution >= 0.6 is 11.6 Å². The van der Waals surface area contributed by atoms with Gasteiger partial charge in [0.2, 0.25) is 0 Å². The molecule has 15 heavy (non-hydrogen) atoms. The number of aromatic nitrogens is 1. The van der Waals surface area contributed by atoms with Gasteiger partial charge < -0.3 is 0 Å². The summed E-state index contributed by atoms with van der Waals surface area (Å²) in [5.41, 5.74) is 3.71. The molecule has 1 heterocycles. The van der Waals surface area contributed by atoms with E-state index in [1.807, 2.05) is 37.3 Å². The Morgan fingerprint density at radius 3 is 2.47 bits per heavy atom. The van der Waals surface area contributed by atoms with Crippen LogP contribution in [0.1, 0.15) is 5.56 Å². The zero-order valence-corrected chi connectivity index (χ0v) is 9.12. The first kappa shape index (κ1) is 10.2. The Morgan fingerprint density at radius 1 is 1.20 bits per heavy atom. The van der Waals surface area contributed by atoms with Crippen molar-refractivity contribution in [2.24, 2.45) is 0 Å². The normalized spacial score (nSPS) is 10.3. The molecule has 0 N–H and O–H groups in total. The van der Waals surface area contributed by atoms with Gasteiger partial charge in [-0.2, -0.15) is 0 Å². The molecule has 2 rings (SSSR count). The third-order valence-electron chi connectivity index (χ3n) is 2.29.